The second-order valence-corrected chi connectivity index (χ2v) is 11.7. The van der Waals surface area contributed by atoms with E-state index in [1.807, 2.05) is 72.8 Å². The number of furan rings is 1. The van der Waals surface area contributed by atoms with Crippen LogP contribution in [0.4, 0.5) is 11.4 Å². The van der Waals surface area contributed by atoms with Gasteiger partial charge in [-0.25, -0.2) is 4.98 Å². The van der Waals surface area contributed by atoms with Gasteiger partial charge in [-0.05, 0) is 67.1 Å². The maximum absolute atomic E-state index is 12.8. The van der Waals surface area contributed by atoms with E-state index in [-0.39, 0.29) is 17.6 Å². The molecule has 2 N–H and O–H groups in total. The van der Waals surface area contributed by atoms with Crippen LogP contribution >= 0.6 is 23.1 Å². The summed E-state index contributed by atoms with van der Waals surface area (Å²) in [6, 6.07) is 26.3. The summed E-state index contributed by atoms with van der Waals surface area (Å²) in [5.74, 6) is 0.660. The molecule has 0 atom stereocenters. The van der Waals surface area contributed by atoms with Crippen molar-refractivity contribution in [3.05, 3.63) is 90.5 Å². The maximum Gasteiger partial charge on any atom is 0.255 e. The van der Waals surface area contributed by atoms with Crippen molar-refractivity contribution in [3.8, 4) is 5.75 Å². The Morgan fingerprint density at radius 3 is 2.54 bits per heavy atom. The number of hydrogen-bond donors (Lipinski definition) is 2. The van der Waals surface area contributed by atoms with Crippen molar-refractivity contribution in [2.45, 2.75) is 24.1 Å². The molecule has 0 fully saturated rings. The smallest absolute Gasteiger partial charge is 0.255 e. The normalized spacial score (nSPS) is 11.2. The summed E-state index contributed by atoms with van der Waals surface area (Å²) in [6.07, 6.45) is 2.07. The number of ether oxygens (including phenoxy) is 1. The number of benzene rings is 4. The molecule has 0 radical (unpaired) electrons. The van der Waals surface area contributed by atoms with Gasteiger partial charge >= 0.3 is 0 Å². The third-order valence-corrected chi connectivity index (χ3v) is 8.66. The Bertz CT molecular complexity index is 1860. The zero-order valence-electron chi connectivity index (χ0n) is 22.3. The zero-order valence-corrected chi connectivity index (χ0v) is 23.9. The highest BCUT2D eigenvalue weighted by molar-refractivity contribution is 8.01. The summed E-state index contributed by atoms with van der Waals surface area (Å²) >= 11 is 2.87. The predicted octanol–water partition coefficient (Wildman–Crippen LogP) is 8.36. The van der Waals surface area contributed by atoms with Gasteiger partial charge in [-0.15, -0.1) is 11.3 Å². The summed E-state index contributed by atoms with van der Waals surface area (Å²) in [5.41, 5.74) is 4.30. The Morgan fingerprint density at radius 2 is 1.68 bits per heavy atom. The fourth-order valence-corrected chi connectivity index (χ4v) is 6.32. The van der Waals surface area contributed by atoms with Crippen molar-refractivity contribution in [2.75, 3.05) is 23.0 Å². The number of unbranched alkanes of at least 4 members (excludes halogenated alkanes) is 1. The van der Waals surface area contributed by atoms with Crippen molar-refractivity contribution in [1.29, 1.82) is 0 Å². The first-order chi connectivity index (χ1) is 20.1. The van der Waals surface area contributed by atoms with Crippen LogP contribution in [0.5, 0.6) is 5.75 Å². The minimum Gasteiger partial charge on any atom is -0.494 e. The molecule has 9 heteroatoms. The van der Waals surface area contributed by atoms with Crippen LogP contribution in [0, 0.1) is 0 Å². The molecular weight excluding hydrogens is 555 g/mol. The molecule has 41 heavy (non-hydrogen) atoms. The number of nitrogens with one attached hydrogen (secondary N) is 2. The third-order valence-electron chi connectivity index (χ3n) is 6.50. The number of hydrogen-bond acceptors (Lipinski definition) is 7. The highest BCUT2D eigenvalue weighted by atomic mass is 32.2. The van der Waals surface area contributed by atoms with E-state index in [1.165, 1.54) is 23.1 Å². The van der Waals surface area contributed by atoms with Gasteiger partial charge in [0, 0.05) is 33.8 Å². The molecule has 4 aromatic carbocycles. The summed E-state index contributed by atoms with van der Waals surface area (Å²) in [5, 5.41) is 7.97. The molecule has 7 nitrogen and oxygen atoms in total. The van der Waals surface area contributed by atoms with Crippen molar-refractivity contribution in [2.24, 2.45) is 0 Å². The molecule has 0 aliphatic rings. The average Bonchev–Trinajstić information content (AvgIpc) is 3.57. The molecule has 0 aliphatic carbocycles. The van der Waals surface area contributed by atoms with Gasteiger partial charge in [0.1, 0.15) is 16.9 Å². The van der Waals surface area contributed by atoms with E-state index in [0.29, 0.717) is 23.5 Å². The summed E-state index contributed by atoms with van der Waals surface area (Å²) < 4.78 is 13.3. The average molecular weight is 582 g/mol. The monoisotopic (exact) mass is 581 g/mol. The molecule has 0 saturated heterocycles. The van der Waals surface area contributed by atoms with Crippen molar-refractivity contribution in [1.82, 2.24) is 4.98 Å². The number of anilines is 2. The van der Waals surface area contributed by atoms with Crippen LogP contribution in [0.15, 0.2) is 93.7 Å². The molecule has 2 aromatic heterocycles. The number of aromatic nitrogens is 1. The fraction of sp³-hybridized carbons (Fsp3) is 0.156. The topological polar surface area (TPSA) is 93.5 Å². The number of fused-ring (bicyclic) bond motifs is 4. The van der Waals surface area contributed by atoms with E-state index < -0.39 is 0 Å². The minimum absolute atomic E-state index is 0.126. The van der Waals surface area contributed by atoms with E-state index in [2.05, 4.69) is 22.5 Å². The van der Waals surface area contributed by atoms with Gasteiger partial charge in [-0.1, -0.05) is 43.3 Å². The van der Waals surface area contributed by atoms with Crippen molar-refractivity contribution in [3.63, 3.8) is 0 Å². The van der Waals surface area contributed by atoms with E-state index >= 15 is 0 Å². The van der Waals surface area contributed by atoms with E-state index in [4.69, 9.17) is 9.15 Å². The van der Waals surface area contributed by atoms with Gasteiger partial charge < -0.3 is 19.8 Å². The van der Waals surface area contributed by atoms with Gasteiger partial charge in [0.15, 0.2) is 4.34 Å². The number of para-hydroxylation sites is 1. The lowest BCUT2D eigenvalue weighted by Crippen LogP contribution is -2.13. The number of carbonyl (C=O) groups is 2. The highest BCUT2D eigenvalue weighted by Gasteiger charge is 2.12. The molecule has 0 bridgehead atoms. The lowest BCUT2D eigenvalue weighted by molar-refractivity contribution is -0.113. The standard InChI is InChI=1S/C32H27N3O4S2/c1-2-3-16-38-23-12-8-20(9-13-23)31(37)34-22-11-15-26-29(18-22)41-32(35-26)40-19-30(36)33-21-10-14-25-24-6-4-5-7-27(24)39-28(25)17-21/h4-15,17-18H,2-3,16,19H2,1H3,(H,33,36)(H,34,37). The Labute approximate surface area is 244 Å². The van der Waals surface area contributed by atoms with Gasteiger partial charge in [0.2, 0.25) is 5.91 Å². The van der Waals surface area contributed by atoms with Crippen LogP contribution in [0.1, 0.15) is 30.1 Å². The Morgan fingerprint density at radius 1 is 0.902 bits per heavy atom. The van der Waals surface area contributed by atoms with Crippen LogP contribution in [0.2, 0.25) is 0 Å². The van der Waals surface area contributed by atoms with Crippen molar-refractivity contribution >= 4 is 78.4 Å². The number of nitrogens with zero attached hydrogens (tertiary/aromatic N) is 1. The molecule has 0 aliphatic heterocycles. The van der Waals surface area contributed by atoms with Crippen LogP contribution in [0.3, 0.4) is 0 Å². The van der Waals surface area contributed by atoms with Gasteiger partial charge in [-0.3, -0.25) is 9.59 Å². The van der Waals surface area contributed by atoms with E-state index in [1.54, 1.807) is 12.1 Å². The summed E-state index contributed by atoms with van der Waals surface area (Å²) in [6.45, 7) is 2.78. The SMILES string of the molecule is CCCCOc1ccc(C(=O)Nc2ccc3nc(SCC(=O)Nc4ccc5c(c4)oc4ccccc45)sc3c2)cc1. The van der Waals surface area contributed by atoms with Crippen LogP contribution < -0.4 is 15.4 Å². The van der Waals surface area contributed by atoms with Gasteiger partial charge in [-0.2, -0.15) is 0 Å². The number of thioether (sulfide) groups is 1. The molecule has 0 unspecified atom stereocenters. The molecular formula is C32H27N3O4S2. The minimum atomic E-state index is -0.193. The number of carbonyl (C=O) groups excluding carboxylic acids is 2. The third kappa shape index (κ3) is 6.21. The van der Waals surface area contributed by atoms with Crippen LogP contribution in [-0.2, 0) is 4.79 Å². The second-order valence-electron chi connectivity index (χ2n) is 9.49. The van der Waals surface area contributed by atoms with E-state index in [0.717, 1.165) is 55.1 Å². The summed E-state index contributed by atoms with van der Waals surface area (Å²) in [4.78, 5) is 30.1. The van der Waals surface area contributed by atoms with Crippen molar-refractivity contribution < 1.29 is 18.7 Å². The number of amides is 2. The van der Waals surface area contributed by atoms with Gasteiger partial charge in [0.05, 0.1) is 22.6 Å². The summed E-state index contributed by atoms with van der Waals surface area (Å²) in [7, 11) is 0. The maximum atomic E-state index is 12.8. The van der Waals surface area contributed by atoms with E-state index in [9.17, 15) is 9.59 Å². The number of thiazole rings is 1. The Kier molecular flexibility index (Phi) is 7.89. The molecule has 0 saturated carbocycles. The van der Waals surface area contributed by atoms with Crippen LogP contribution in [0.25, 0.3) is 32.2 Å². The Balaban J connectivity index is 1.05. The van der Waals surface area contributed by atoms with Crippen LogP contribution in [-0.4, -0.2) is 29.2 Å². The Hall–Kier alpha value is -4.34. The first kappa shape index (κ1) is 26.9. The first-order valence-corrected chi connectivity index (χ1v) is 15.1. The highest BCUT2D eigenvalue weighted by Crippen LogP contribution is 2.33. The molecule has 206 valence electrons. The lowest BCUT2D eigenvalue weighted by Gasteiger charge is -2.07. The molecule has 2 amide bonds. The first-order valence-electron chi connectivity index (χ1n) is 13.3. The second kappa shape index (κ2) is 12.0. The number of rotatable bonds is 10. The molecule has 6 aromatic rings. The molecule has 2 heterocycles. The fourth-order valence-electron chi connectivity index (χ4n) is 4.41. The molecule has 6 rings (SSSR count). The zero-order chi connectivity index (χ0) is 28.2. The molecule has 0 spiro atoms. The largest absolute Gasteiger partial charge is 0.494 e. The predicted molar refractivity (Wildman–Crippen MR) is 167 cm³/mol. The quantitative estimate of drug-likeness (QED) is 0.125. The lowest BCUT2D eigenvalue weighted by atomic mass is 10.1. The van der Waals surface area contributed by atoms with Gasteiger partial charge in [0.25, 0.3) is 5.91 Å².